The number of nitrogen functional groups attached to an aromatic ring is 1. The minimum atomic E-state index is -0.228. The molecule has 1 atom stereocenters. The van der Waals surface area contributed by atoms with Crippen molar-refractivity contribution in [3.8, 4) is 0 Å². The SMILES string of the molecule is COC1(C)CCCN(C(=O)c2cccc(N)c2)C1. The van der Waals surface area contributed by atoms with Crippen LogP contribution in [0.2, 0.25) is 0 Å². The van der Waals surface area contributed by atoms with E-state index in [0.717, 1.165) is 19.4 Å². The number of hydrogen-bond acceptors (Lipinski definition) is 3. The minimum Gasteiger partial charge on any atom is -0.399 e. The maximum Gasteiger partial charge on any atom is 0.254 e. The number of hydrogen-bond donors (Lipinski definition) is 1. The molecule has 1 aliphatic rings. The van der Waals surface area contributed by atoms with Gasteiger partial charge in [-0.3, -0.25) is 4.79 Å². The van der Waals surface area contributed by atoms with E-state index in [4.69, 9.17) is 10.5 Å². The molecule has 1 fully saturated rings. The van der Waals surface area contributed by atoms with E-state index in [9.17, 15) is 4.79 Å². The topological polar surface area (TPSA) is 55.6 Å². The number of rotatable bonds is 2. The molecule has 4 heteroatoms. The number of nitrogens with two attached hydrogens (primary N) is 1. The number of amides is 1. The van der Waals surface area contributed by atoms with Gasteiger partial charge in [0.05, 0.1) is 5.60 Å². The molecule has 2 N–H and O–H groups in total. The second-order valence-electron chi connectivity index (χ2n) is 5.11. The molecule has 0 bridgehead atoms. The van der Waals surface area contributed by atoms with Crippen LogP contribution in [0.25, 0.3) is 0 Å². The number of piperidine rings is 1. The van der Waals surface area contributed by atoms with Gasteiger partial charge in [0, 0.05) is 31.5 Å². The predicted molar refractivity (Wildman–Crippen MR) is 71.4 cm³/mol. The summed E-state index contributed by atoms with van der Waals surface area (Å²) in [6, 6.07) is 7.12. The molecule has 1 unspecified atom stereocenters. The summed E-state index contributed by atoms with van der Waals surface area (Å²) in [5.74, 6) is 0.0327. The zero-order valence-electron chi connectivity index (χ0n) is 11.0. The van der Waals surface area contributed by atoms with Gasteiger partial charge < -0.3 is 15.4 Å². The van der Waals surface area contributed by atoms with Gasteiger partial charge in [-0.1, -0.05) is 6.07 Å². The van der Waals surface area contributed by atoms with Crippen molar-refractivity contribution in [2.24, 2.45) is 0 Å². The molecule has 1 aliphatic heterocycles. The summed E-state index contributed by atoms with van der Waals surface area (Å²) >= 11 is 0. The zero-order chi connectivity index (χ0) is 13.2. The van der Waals surface area contributed by atoms with Crippen molar-refractivity contribution in [3.05, 3.63) is 29.8 Å². The standard InChI is InChI=1S/C14H20N2O2/c1-14(18-2)7-4-8-16(10-14)13(17)11-5-3-6-12(15)9-11/h3,5-6,9H,4,7-8,10,15H2,1-2H3. The molecule has 1 aromatic carbocycles. The first kappa shape index (κ1) is 12.9. The first-order valence-electron chi connectivity index (χ1n) is 6.24. The quantitative estimate of drug-likeness (QED) is 0.813. The van der Waals surface area contributed by atoms with E-state index in [1.807, 2.05) is 17.9 Å². The van der Waals surface area contributed by atoms with E-state index in [-0.39, 0.29) is 11.5 Å². The number of nitrogens with zero attached hydrogens (tertiary/aromatic N) is 1. The zero-order valence-corrected chi connectivity index (χ0v) is 11.0. The molecule has 4 nitrogen and oxygen atoms in total. The highest BCUT2D eigenvalue weighted by molar-refractivity contribution is 5.95. The third kappa shape index (κ3) is 2.64. The Bertz CT molecular complexity index is 447. The smallest absolute Gasteiger partial charge is 0.254 e. The average molecular weight is 248 g/mol. The molecule has 2 rings (SSSR count). The van der Waals surface area contributed by atoms with Gasteiger partial charge >= 0.3 is 0 Å². The average Bonchev–Trinajstić information content (AvgIpc) is 2.38. The lowest BCUT2D eigenvalue weighted by Crippen LogP contribution is -2.49. The monoisotopic (exact) mass is 248 g/mol. The molecule has 0 aliphatic carbocycles. The Morgan fingerprint density at radius 2 is 2.28 bits per heavy atom. The lowest BCUT2D eigenvalue weighted by molar-refractivity contribution is -0.0440. The first-order chi connectivity index (χ1) is 8.54. The van der Waals surface area contributed by atoms with Crippen LogP contribution in [0.5, 0.6) is 0 Å². The molecule has 1 aromatic rings. The number of benzene rings is 1. The number of methoxy groups -OCH3 is 1. The minimum absolute atomic E-state index is 0.0327. The molecule has 18 heavy (non-hydrogen) atoms. The van der Waals surface area contributed by atoms with Gasteiger partial charge in [-0.05, 0) is 38.0 Å². The number of carbonyl (C=O) groups is 1. The molecule has 1 heterocycles. The molecule has 0 saturated carbocycles. The maximum atomic E-state index is 12.4. The Labute approximate surface area is 108 Å². The highest BCUT2D eigenvalue weighted by Crippen LogP contribution is 2.25. The van der Waals surface area contributed by atoms with Gasteiger partial charge in [-0.15, -0.1) is 0 Å². The van der Waals surface area contributed by atoms with E-state index in [0.29, 0.717) is 17.8 Å². The Morgan fingerprint density at radius 3 is 2.94 bits per heavy atom. The van der Waals surface area contributed by atoms with E-state index in [2.05, 4.69) is 0 Å². The van der Waals surface area contributed by atoms with Gasteiger partial charge in [-0.2, -0.15) is 0 Å². The molecule has 0 aromatic heterocycles. The van der Waals surface area contributed by atoms with Gasteiger partial charge in [0.25, 0.3) is 5.91 Å². The molecule has 0 spiro atoms. The summed E-state index contributed by atoms with van der Waals surface area (Å²) in [6.07, 6.45) is 1.96. The summed E-state index contributed by atoms with van der Waals surface area (Å²) < 4.78 is 5.50. The van der Waals surface area contributed by atoms with Crippen molar-refractivity contribution in [2.75, 3.05) is 25.9 Å². The molecular weight excluding hydrogens is 228 g/mol. The van der Waals surface area contributed by atoms with Crippen LogP contribution in [0.1, 0.15) is 30.1 Å². The van der Waals surface area contributed by atoms with E-state index in [1.54, 1.807) is 25.3 Å². The number of likely N-dealkylation sites (tertiary alicyclic amines) is 1. The highest BCUT2D eigenvalue weighted by Gasteiger charge is 2.33. The largest absolute Gasteiger partial charge is 0.399 e. The van der Waals surface area contributed by atoms with Crippen molar-refractivity contribution >= 4 is 11.6 Å². The maximum absolute atomic E-state index is 12.4. The lowest BCUT2D eigenvalue weighted by Gasteiger charge is -2.39. The van der Waals surface area contributed by atoms with Crippen LogP contribution in [0.15, 0.2) is 24.3 Å². The third-order valence-corrected chi connectivity index (χ3v) is 3.57. The summed E-state index contributed by atoms with van der Waals surface area (Å²) in [6.45, 7) is 3.47. The van der Waals surface area contributed by atoms with Crippen LogP contribution >= 0.6 is 0 Å². The van der Waals surface area contributed by atoms with Crippen molar-refractivity contribution in [1.29, 1.82) is 0 Å². The first-order valence-corrected chi connectivity index (χ1v) is 6.24. The van der Waals surface area contributed by atoms with Crippen LogP contribution in [0.4, 0.5) is 5.69 Å². The number of ether oxygens (including phenoxy) is 1. The normalized spacial score (nSPS) is 24.0. The molecular formula is C14H20N2O2. The third-order valence-electron chi connectivity index (χ3n) is 3.57. The van der Waals surface area contributed by atoms with Crippen LogP contribution in [-0.2, 0) is 4.74 Å². The van der Waals surface area contributed by atoms with Gasteiger partial charge in [0.15, 0.2) is 0 Å². The fraction of sp³-hybridized carbons (Fsp3) is 0.500. The van der Waals surface area contributed by atoms with Crippen LogP contribution in [0, 0.1) is 0 Å². The molecule has 98 valence electrons. The van der Waals surface area contributed by atoms with Gasteiger partial charge in [0.1, 0.15) is 0 Å². The van der Waals surface area contributed by atoms with Crippen molar-refractivity contribution in [3.63, 3.8) is 0 Å². The van der Waals surface area contributed by atoms with E-state index in [1.165, 1.54) is 0 Å². The lowest BCUT2D eigenvalue weighted by atomic mass is 9.94. The molecule has 1 saturated heterocycles. The summed E-state index contributed by atoms with van der Waals surface area (Å²) in [7, 11) is 1.70. The number of anilines is 1. The summed E-state index contributed by atoms with van der Waals surface area (Å²) in [5, 5.41) is 0. The summed E-state index contributed by atoms with van der Waals surface area (Å²) in [5.41, 5.74) is 6.75. The summed E-state index contributed by atoms with van der Waals surface area (Å²) in [4.78, 5) is 14.2. The Kier molecular flexibility index (Phi) is 3.57. The van der Waals surface area contributed by atoms with Crippen LogP contribution < -0.4 is 5.73 Å². The Hall–Kier alpha value is -1.55. The van der Waals surface area contributed by atoms with Crippen molar-refractivity contribution < 1.29 is 9.53 Å². The van der Waals surface area contributed by atoms with Crippen LogP contribution in [-0.4, -0.2) is 36.6 Å². The second-order valence-corrected chi connectivity index (χ2v) is 5.11. The Balaban J connectivity index is 2.14. The highest BCUT2D eigenvalue weighted by atomic mass is 16.5. The fourth-order valence-electron chi connectivity index (χ4n) is 2.40. The van der Waals surface area contributed by atoms with Gasteiger partial charge in [-0.25, -0.2) is 0 Å². The fourth-order valence-corrected chi connectivity index (χ4v) is 2.40. The van der Waals surface area contributed by atoms with Gasteiger partial charge in [0.2, 0.25) is 0 Å². The van der Waals surface area contributed by atoms with E-state index >= 15 is 0 Å². The molecule has 1 amide bonds. The number of carbonyl (C=O) groups excluding carboxylic acids is 1. The predicted octanol–water partition coefficient (Wildman–Crippen LogP) is 1.91. The van der Waals surface area contributed by atoms with Crippen molar-refractivity contribution in [1.82, 2.24) is 4.90 Å². The molecule has 0 radical (unpaired) electrons. The van der Waals surface area contributed by atoms with Crippen LogP contribution in [0.3, 0.4) is 0 Å². The Morgan fingerprint density at radius 1 is 1.50 bits per heavy atom. The van der Waals surface area contributed by atoms with Crippen molar-refractivity contribution in [2.45, 2.75) is 25.4 Å². The van der Waals surface area contributed by atoms with E-state index < -0.39 is 0 Å². The second kappa shape index (κ2) is 4.98.